The molecule has 2 aromatic rings. The highest BCUT2D eigenvalue weighted by Gasteiger charge is 2.29. The van der Waals surface area contributed by atoms with Gasteiger partial charge in [0.15, 0.2) is 11.2 Å². The highest BCUT2D eigenvalue weighted by atomic mass is 32.1. The number of carboxylic acids is 1. The molecule has 42 heavy (non-hydrogen) atoms. The predicted octanol–water partition coefficient (Wildman–Crippen LogP) is 4.75. The molecule has 1 heterocycles. The Bertz CT molecular complexity index is 1560. The first-order valence-corrected chi connectivity index (χ1v) is 14.7. The molecule has 9 heteroatoms. The van der Waals surface area contributed by atoms with Crippen molar-refractivity contribution in [2.75, 3.05) is 6.61 Å². The van der Waals surface area contributed by atoms with Gasteiger partial charge in [-0.15, -0.1) is 0 Å². The third kappa shape index (κ3) is 7.92. The first kappa shape index (κ1) is 32.7. The van der Waals surface area contributed by atoms with E-state index in [1.807, 2.05) is 19.9 Å². The fourth-order valence-electron chi connectivity index (χ4n) is 4.88. The van der Waals surface area contributed by atoms with Crippen LogP contribution in [0, 0.1) is 0 Å². The van der Waals surface area contributed by atoms with Crippen molar-refractivity contribution in [2.24, 2.45) is 0 Å². The maximum Gasteiger partial charge on any atom is 0.372 e. The van der Waals surface area contributed by atoms with Gasteiger partial charge in [-0.25, -0.2) is 4.79 Å². The van der Waals surface area contributed by atoms with Crippen LogP contribution in [0.3, 0.4) is 0 Å². The van der Waals surface area contributed by atoms with E-state index in [1.54, 1.807) is 36.4 Å². The van der Waals surface area contributed by atoms with Crippen molar-refractivity contribution in [2.45, 2.75) is 77.7 Å². The van der Waals surface area contributed by atoms with Crippen molar-refractivity contribution >= 4 is 41.0 Å². The number of hydrogen-bond acceptors (Lipinski definition) is 8. The number of carbonyl (C=O) groups excluding carboxylic acids is 1. The number of aromatic carboxylic acids is 1. The van der Waals surface area contributed by atoms with E-state index in [1.165, 1.54) is 13.0 Å². The summed E-state index contributed by atoms with van der Waals surface area (Å²) >= 11 is 5.19. The number of ether oxygens (including phenoxy) is 1. The molecular formula is C33H38O8S. The van der Waals surface area contributed by atoms with Gasteiger partial charge in [0, 0.05) is 22.8 Å². The molecular weight excluding hydrogens is 556 g/mol. The van der Waals surface area contributed by atoms with Crippen molar-refractivity contribution in [1.29, 1.82) is 0 Å². The van der Waals surface area contributed by atoms with Crippen LogP contribution in [0.2, 0.25) is 0 Å². The van der Waals surface area contributed by atoms with Gasteiger partial charge >= 0.3 is 5.97 Å². The highest BCUT2D eigenvalue weighted by molar-refractivity contribution is 7.81. The summed E-state index contributed by atoms with van der Waals surface area (Å²) in [6.45, 7) is 5.68. The quantitative estimate of drug-likeness (QED) is 0.116. The molecule has 0 saturated carbocycles. The molecule has 1 aliphatic rings. The van der Waals surface area contributed by atoms with Crippen molar-refractivity contribution in [3.05, 3.63) is 79.7 Å². The fraction of sp³-hybridized carbons (Fsp3) is 0.394. The lowest BCUT2D eigenvalue weighted by molar-refractivity contribution is 0.0650. The number of Topliss-reactive ketones (excluding diaryl/α,β-unsaturated/α-hetero) is 1. The van der Waals surface area contributed by atoms with Crippen LogP contribution in [-0.2, 0) is 6.42 Å². The van der Waals surface area contributed by atoms with E-state index in [-0.39, 0.29) is 33.3 Å². The van der Waals surface area contributed by atoms with E-state index < -0.39 is 29.2 Å². The van der Waals surface area contributed by atoms with Crippen LogP contribution in [0.25, 0.3) is 12.2 Å². The van der Waals surface area contributed by atoms with Crippen LogP contribution >= 0.6 is 12.2 Å². The topological polar surface area (TPSA) is 134 Å². The van der Waals surface area contributed by atoms with Crippen LogP contribution < -0.4 is 20.8 Å². The van der Waals surface area contributed by atoms with E-state index in [4.69, 9.17) is 21.4 Å². The summed E-state index contributed by atoms with van der Waals surface area (Å²) in [4.78, 5) is 37.9. The second-order valence-corrected chi connectivity index (χ2v) is 10.7. The number of fused-ring (bicyclic) bond motifs is 1. The number of benzene rings is 1. The van der Waals surface area contributed by atoms with Gasteiger partial charge in [0.25, 0.3) is 0 Å². The lowest BCUT2D eigenvalue weighted by Gasteiger charge is -2.21. The number of carboxylic acid groups (broad SMARTS) is 1. The molecule has 0 bridgehead atoms. The molecule has 8 nitrogen and oxygen atoms in total. The Morgan fingerprint density at radius 2 is 1.95 bits per heavy atom. The average molecular weight is 595 g/mol. The summed E-state index contributed by atoms with van der Waals surface area (Å²) in [5, 5.41) is 31.7. The second-order valence-electron chi connectivity index (χ2n) is 10.2. The van der Waals surface area contributed by atoms with Crippen molar-refractivity contribution < 1.29 is 34.1 Å². The molecule has 3 rings (SSSR count). The van der Waals surface area contributed by atoms with Crippen molar-refractivity contribution in [3.8, 4) is 11.5 Å². The standard InChI is InChI=1S/C33H38O8S/c1-4-6-13-26(35)23(29-31(37)25-15-14-21(42)19-28(25)41-32(29)33(38)39)12-9-7-8-10-18-40-27-17-16-22(20(3)34)30(36)24(27)11-5-2/h7-9,12,15-17,19,23,26,35-36H,4-6,10-11,13-14,18H2,1-3H3,(H,38,39)/b8-7-,12-9+/t23-,26-/m0/s1. The molecule has 0 spiro atoms. The van der Waals surface area contributed by atoms with Crippen LogP contribution in [-0.4, -0.2) is 44.6 Å². The maximum atomic E-state index is 13.5. The summed E-state index contributed by atoms with van der Waals surface area (Å²) in [6.07, 6.45) is 13.2. The Kier molecular flexibility index (Phi) is 12.0. The number of phenolic OH excluding ortho intramolecular Hbond substituents is 1. The largest absolute Gasteiger partial charge is 0.507 e. The van der Waals surface area contributed by atoms with Gasteiger partial charge < -0.3 is 24.5 Å². The summed E-state index contributed by atoms with van der Waals surface area (Å²) in [5.74, 6) is -2.53. The Hall–Kier alpha value is -3.82. The number of hydrogen-bond donors (Lipinski definition) is 3. The normalized spacial score (nSPS) is 14.3. The number of unbranched alkanes of at least 4 members (excludes halogenated alkanes) is 1. The van der Waals surface area contributed by atoms with Gasteiger partial charge in [-0.2, -0.15) is 0 Å². The van der Waals surface area contributed by atoms with Gasteiger partial charge in [-0.1, -0.05) is 75.7 Å². The third-order valence-corrected chi connectivity index (χ3v) is 7.32. The smallest absolute Gasteiger partial charge is 0.372 e. The number of allylic oxidation sites excluding steroid dienone is 2. The van der Waals surface area contributed by atoms with Gasteiger partial charge in [-0.05, 0) is 44.4 Å². The molecule has 0 unspecified atom stereocenters. The van der Waals surface area contributed by atoms with Gasteiger partial charge in [0.1, 0.15) is 16.9 Å². The predicted molar refractivity (Wildman–Crippen MR) is 166 cm³/mol. The van der Waals surface area contributed by atoms with Crippen LogP contribution in [0.15, 0.2) is 45.6 Å². The van der Waals surface area contributed by atoms with E-state index >= 15 is 0 Å². The summed E-state index contributed by atoms with van der Waals surface area (Å²) in [7, 11) is 0. The van der Waals surface area contributed by atoms with Crippen LogP contribution in [0.4, 0.5) is 0 Å². The van der Waals surface area contributed by atoms with E-state index in [0.717, 1.165) is 12.8 Å². The monoisotopic (exact) mass is 594 g/mol. The van der Waals surface area contributed by atoms with E-state index in [2.05, 4.69) is 0 Å². The average Bonchev–Trinajstić information content (AvgIpc) is 2.94. The Labute approximate surface area is 250 Å². The number of aliphatic hydroxyl groups is 1. The molecule has 1 aliphatic carbocycles. The van der Waals surface area contributed by atoms with E-state index in [0.29, 0.717) is 54.9 Å². The number of carbonyl (C=O) groups is 2. The minimum atomic E-state index is -1.40. The van der Waals surface area contributed by atoms with Crippen LogP contribution in [0.5, 0.6) is 11.5 Å². The molecule has 3 N–H and O–H groups in total. The number of ketones is 1. The molecule has 0 aliphatic heterocycles. The Morgan fingerprint density at radius 1 is 1.19 bits per heavy atom. The highest BCUT2D eigenvalue weighted by Crippen LogP contribution is 2.33. The van der Waals surface area contributed by atoms with Gasteiger partial charge in [0.2, 0.25) is 5.76 Å². The molecule has 224 valence electrons. The molecule has 0 amide bonds. The SMILES string of the molecule is CCCC[C@H](O)[C@H](/C=C/C=C\CCOc1ccc(C(C)=O)c(O)c1CCC)c1c(C(=O)O)oc2c(c1=O)=CCC(=S)C=2. The molecule has 2 atom stereocenters. The molecule has 0 radical (unpaired) electrons. The fourth-order valence-corrected chi connectivity index (χ4v) is 5.07. The van der Waals surface area contributed by atoms with E-state index in [9.17, 15) is 29.7 Å². The number of phenols is 1. The zero-order chi connectivity index (χ0) is 30.8. The maximum absolute atomic E-state index is 13.5. The minimum Gasteiger partial charge on any atom is -0.507 e. The lowest BCUT2D eigenvalue weighted by atomic mass is 9.88. The zero-order valence-corrected chi connectivity index (χ0v) is 25.0. The summed E-state index contributed by atoms with van der Waals surface area (Å²) in [5.41, 5.74) is 0.414. The first-order chi connectivity index (χ1) is 20.1. The number of aliphatic hydroxyl groups excluding tert-OH is 1. The summed E-state index contributed by atoms with van der Waals surface area (Å²) < 4.78 is 11.5. The first-order valence-electron chi connectivity index (χ1n) is 14.3. The molecule has 1 aromatic carbocycles. The number of rotatable bonds is 15. The third-order valence-electron chi connectivity index (χ3n) is 7.03. The lowest BCUT2D eigenvalue weighted by Crippen LogP contribution is -2.45. The van der Waals surface area contributed by atoms with Crippen molar-refractivity contribution in [1.82, 2.24) is 0 Å². The summed E-state index contributed by atoms with van der Waals surface area (Å²) in [6, 6.07) is 3.25. The molecule has 0 fully saturated rings. The van der Waals surface area contributed by atoms with Crippen molar-refractivity contribution in [3.63, 3.8) is 0 Å². The molecule has 0 saturated heterocycles. The van der Waals surface area contributed by atoms with Crippen LogP contribution in [0.1, 0.15) is 97.3 Å². The van der Waals surface area contributed by atoms with Gasteiger partial charge in [0.05, 0.1) is 29.1 Å². The minimum absolute atomic E-state index is 0.0430. The molecule has 1 aromatic heterocycles. The Balaban J connectivity index is 1.82. The second kappa shape index (κ2) is 15.4. The van der Waals surface area contributed by atoms with Gasteiger partial charge in [-0.3, -0.25) is 9.59 Å². The Morgan fingerprint density at radius 3 is 2.62 bits per heavy atom. The zero-order valence-electron chi connectivity index (χ0n) is 24.2. The number of aromatic hydroxyl groups is 1. The number of thiocarbonyl (C=S) groups is 1.